The molecule has 0 radical (unpaired) electrons. The summed E-state index contributed by atoms with van der Waals surface area (Å²) in [6, 6.07) is 10.5. The van der Waals surface area contributed by atoms with E-state index in [4.69, 9.17) is 4.98 Å². The Morgan fingerprint density at radius 1 is 1.09 bits per heavy atom. The summed E-state index contributed by atoms with van der Waals surface area (Å²) in [6.07, 6.45) is 1.19. The number of halogens is 1. The van der Waals surface area contributed by atoms with Crippen LogP contribution in [0, 0.1) is 11.7 Å². The number of likely N-dealkylation sites (N-methyl/N-ethyl adjacent to an activating group) is 1. The number of carbonyl (C=O) groups excluding carboxylic acids is 1. The highest BCUT2D eigenvalue weighted by Crippen LogP contribution is 2.32. The first-order valence-electron chi connectivity index (χ1n) is 11.7. The van der Waals surface area contributed by atoms with Crippen LogP contribution >= 0.6 is 11.3 Å². The van der Waals surface area contributed by atoms with E-state index in [0.717, 1.165) is 53.7 Å². The second kappa shape index (κ2) is 9.81. The van der Waals surface area contributed by atoms with E-state index >= 15 is 0 Å². The van der Waals surface area contributed by atoms with Crippen molar-refractivity contribution in [2.24, 2.45) is 5.92 Å². The van der Waals surface area contributed by atoms with Gasteiger partial charge >= 0.3 is 0 Å². The molecule has 0 spiro atoms. The maximum atomic E-state index is 13.2. The molecule has 0 aliphatic carbocycles. The highest BCUT2D eigenvalue weighted by Gasteiger charge is 2.33. The molecule has 11 heteroatoms. The Labute approximate surface area is 208 Å². The van der Waals surface area contributed by atoms with Gasteiger partial charge in [-0.25, -0.2) is 17.8 Å². The number of thiazole rings is 1. The van der Waals surface area contributed by atoms with E-state index in [1.165, 1.54) is 16.4 Å². The van der Waals surface area contributed by atoms with Gasteiger partial charge in [0.15, 0.2) is 5.13 Å². The van der Waals surface area contributed by atoms with Crippen LogP contribution in [0.2, 0.25) is 0 Å². The molecule has 1 aromatic heterocycles. The molecule has 2 fully saturated rings. The fourth-order valence-electron chi connectivity index (χ4n) is 4.50. The largest absolute Gasteiger partial charge is 0.345 e. The van der Waals surface area contributed by atoms with Crippen molar-refractivity contribution in [1.82, 2.24) is 14.2 Å². The number of amides is 1. The molecule has 2 aromatic carbocycles. The molecule has 186 valence electrons. The molecule has 3 aromatic rings. The second-order valence-electron chi connectivity index (χ2n) is 9.11. The molecule has 1 N–H and O–H groups in total. The number of fused-ring (bicyclic) bond motifs is 1. The number of hydrogen-bond acceptors (Lipinski definition) is 7. The summed E-state index contributed by atoms with van der Waals surface area (Å²) in [5.74, 6) is -1.15. The first kappa shape index (κ1) is 24.1. The van der Waals surface area contributed by atoms with Crippen molar-refractivity contribution in [3.05, 3.63) is 48.3 Å². The fraction of sp³-hybridized carbons (Fsp3) is 0.417. The number of sulfonamides is 1. The zero-order valence-electron chi connectivity index (χ0n) is 19.5. The fourth-order valence-corrected chi connectivity index (χ4v) is 7.08. The van der Waals surface area contributed by atoms with Gasteiger partial charge in [-0.2, -0.15) is 4.31 Å². The van der Waals surface area contributed by atoms with Crippen molar-refractivity contribution >= 4 is 48.3 Å². The molecule has 8 nitrogen and oxygen atoms in total. The lowest BCUT2D eigenvalue weighted by Gasteiger charge is -2.32. The number of carbonyl (C=O) groups is 1. The zero-order valence-corrected chi connectivity index (χ0v) is 21.1. The first-order chi connectivity index (χ1) is 16.8. The highest BCUT2D eigenvalue weighted by molar-refractivity contribution is 7.89. The summed E-state index contributed by atoms with van der Waals surface area (Å²) in [7, 11) is -1.67. The van der Waals surface area contributed by atoms with Gasteiger partial charge in [0.1, 0.15) is 5.82 Å². The first-order valence-corrected chi connectivity index (χ1v) is 14.0. The minimum atomic E-state index is -3.79. The van der Waals surface area contributed by atoms with Gasteiger partial charge in [-0.3, -0.25) is 4.79 Å². The summed E-state index contributed by atoms with van der Waals surface area (Å²) in [4.78, 5) is 22.4. The van der Waals surface area contributed by atoms with Crippen LogP contribution in [-0.4, -0.2) is 74.8 Å². The van der Waals surface area contributed by atoms with Gasteiger partial charge in [-0.15, -0.1) is 0 Å². The van der Waals surface area contributed by atoms with E-state index < -0.39 is 21.8 Å². The van der Waals surface area contributed by atoms with Gasteiger partial charge in [-0.05, 0) is 62.4 Å². The summed E-state index contributed by atoms with van der Waals surface area (Å²) in [6.45, 7) is 4.34. The Bertz CT molecular complexity index is 1320. The van der Waals surface area contributed by atoms with Crippen LogP contribution in [0.25, 0.3) is 10.2 Å². The third kappa shape index (κ3) is 5.18. The lowest BCUT2D eigenvalue weighted by atomic mass is 9.98. The number of piperidine rings is 1. The van der Waals surface area contributed by atoms with Gasteiger partial charge in [0.25, 0.3) is 0 Å². The Hall–Kier alpha value is -2.60. The Morgan fingerprint density at radius 3 is 2.57 bits per heavy atom. The molecule has 0 bridgehead atoms. The van der Waals surface area contributed by atoms with Crippen LogP contribution in [0.1, 0.15) is 12.8 Å². The van der Waals surface area contributed by atoms with E-state index in [0.29, 0.717) is 25.1 Å². The maximum absolute atomic E-state index is 13.2. The van der Waals surface area contributed by atoms with E-state index in [-0.39, 0.29) is 17.3 Å². The average molecular weight is 518 g/mol. The van der Waals surface area contributed by atoms with Crippen LogP contribution in [-0.2, 0) is 14.8 Å². The molecule has 1 atom stereocenters. The van der Waals surface area contributed by atoms with Crippen molar-refractivity contribution < 1.29 is 17.6 Å². The van der Waals surface area contributed by atoms with E-state index in [9.17, 15) is 17.6 Å². The molecule has 1 unspecified atom stereocenters. The molecule has 2 aliphatic rings. The monoisotopic (exact) mass is 517 g/mol. The molecule has 0 saturated carbocycles. The molecule has 2 saturated heterocycles. The molecule has 1 amide bonds. The Morgan fingerprint density at radius 2 is 1.83 bits per heavy atom. The molecule has 2 aliphatic heterocycles. The number of benzene rings is 2. The summed E-state index contributed by atoms with van der Waals surface area (Å²) in [5.41, 5.74) is 1.57. The molecular formula is C24H28FN5O3S2. The maximum Gasteiger partial charge on any atom is 0.243 e. The zero-order chi connectivity index (χ0) is 24.6. The van der Waals surface area contributed by atoms with Crippen LogP contribution < -0.4 is 10.2 Å². The third-order valence-corrected chi connectivity index (χ3v) is 9.58. The Balaban J connectivity index is 1.26. The van der Waals surface area contributed by atoms with Gasteiger partial charge in [0.2, 0.25) is 15.9 Å². The van der Waals surface area contributed by atoms with Gasteiger partial charge in [0.05, 0.1) is 21.0 Å². The number of hydrogen-bond donors (Lipinski definition) is 1. The highest BCUT2D eigenvalue weighted by atomic mass is 32.2. The normalized spacial score (nSPS) is 20.3. The smallest absolute Gasteiger partial charge is 0.243 e. The van der Waals surface area contributed by atoms with Crippen LogP contribution in [0.5, 0.6) is 0 Å². The van der Waals surface area contributed by atoms with Crippen LogP contribution in [0.3, 0.4) is 0 Å². The molecule has 5 rings (SSSR count). The van der Waals surface area contributed by atoms with E-state index in [1.54, 1.807) is 11.3 Å². The third-order valence-electron chi connectivity index (χ3n) is 6.62. The predicted molar refractivity (Wildman–Crippen MR) is 136 cm³/mol. The predicted octanol–water partition coefficient (Wildman–Crippen LogP) is 3.23. The van der Waals surface area contributed by atoms with Crippen molar-refractivity contribution in [3.63, 3.8) is 0 Å². The SMILES string of the molecule is CN1CCN(c2nc3ccc(NC(=O)C4CCCN(S(=O)(=O)c5ccc(F)cc5)C4)cc3s2)CC1. The van der Waals surface area contributed by atoms with Crippen LogP contribution in [0.15, 0.2) is 47.4 Å². The number of aromatic nitrogens is 1. The number of nitrogens with zero attached hydrogens (tertiary/aromatic N) is 4. The standard InChI is InChI=1S/C24H28FN5O3S2/c1-28-11-13-29(14-12-28)24-27-21-9-6-19(15-22(21)34-24)26-23(31)17-3-2-10-30(16-17)35(32,33)20-7-4-18(25)5-8-20/h4-9,15,17H,2-3,10-14,16H2,1H3,(H,26,31). The van der Waals surface area contributed by atoms with E-state index in [2.05, 4.69) is 22.2 Å². The van der Waals surface area contributed by atoms with Crippen LogP contribution in [0.4, 0.5) is 15.2 Å². The van der Waals surface area contributed by atoms with Gasteiger partial charge in [-0.1, -0.05) is 11.3 Å². The summed E-state index contributed by atoms with van der Waals surface area (Å²) in [5, 5.41) is 3.96. The number of rotatable bonds is 5. The average Bonchev–Trinajstić information content (AvgIpc) is 3.28. The van der Waals surface area contributed by atoms with E-state index in [1.807, 2.05) is 18.2 Å². The molecule has 3 heterocycles. The molecular weight excluding hydrogens is 489 g/mol. The molecule has 35 heavy (non-hydrogen) atoms. The van der Waals surface area contributed by atoms with Gasteiger partial charge in [0, 0.05) is 45.0 Å². The number of nitrogens with one attached hydrogen (secondary N) is 1. The second-order valence-corrected chi connectivity index (χ2v) is 12.1. The summed E-state index contributed by atoms with van der Waals surface area (Å²) >= 11 is 1.61. The number of anilines is 2. The minimum absolute atomic E-state index is 0.0340. The topological polar surface area (TPSA) is 85.8 Å². The van der Waals surface area contributed by atoms with Crippen molar-refractivity contribution in [2.75, 3.05) is 56.5 Å². The van der Waals surface area contributed by atoms with Gasteiger partial charge < -0.3 is 15.1 Å². The number of piperazine rings is 1. The lowest BCUT2D eigenvalue weighted by molar-refractivity contribution is -0.120. The Kier molecular flexibility index (Phi) is 6.75. The van der Waals surface area contributed by atoms with Crippen molar-refractivity contribution in [1.29, 1.82) is 0 Å². The van der Waals surface area contributed by atoms with Crippen molar-refractivity contribution in [2.45, 2.75) is 17.7 Å². The minimum Gasteiger partial charge on any atom is -0.345 e. The summed E-state index contributed by atoms with van der Waals surface area (Å²) < 4.78 is 41.5. The van der Waals surface area contributed by atoms with Crippen molar-refractivity contribution in [3.8, 4) is 0 Å². The lowest BCUT2D eigenvalue weighted by Crippen LogP contribution is -2.44. The quantitative estimate of drug-likeness (QED) is 0.559.